The van der Waals surface area contributed by atoms with Gasteiger partial charge in [0.05, 0.1) is 0 Å². The third-order valence-corrected chi connectivity index (χ3v) is 4.74. The van der Waals surface area contributed by atoms with Gasteiger partial charge in [-0.2, -0.15) is 0 Å². The number of nitrogens with zero attached hydrogens (tertiary/aromatic N) is 2. The van der Waals surface area contributed by atoms with Crippen LogP contribution in [0.15, 0.2) is 48.5 Å². The molecule has 27 heavy (non-hydrogen) atoms. The highest BCUT2D eigenvalue weighted by molar-refractivity contribution is 5.79. The van der Waals surface area contributed by atoms with E-state index in [0.29, 0.717) is 13.1 Å². The number of aliphatic carboxylic acids is 1. The highest BCUT2D eigenvalue weighted by atomic mass is 16.6. The van der Waals surface area contributed by atoms with E-state index in [1.54, 1.807) is 0 Å². The molecule has 0 saturated heterocycles. The monoisotopic (exact) mass is 368 g/mol. The Morgan fingerprint density at radius 2 is 1.52 bits per heavy atom. The SMILES string of the molecule is CN(C)CCN(CC(=O)O)C(=O)OCC1c2ccccc2-c2ccccc21. The summed E-state index contributed by atoms with van der Waals surface area (Å²) in [5.74, 6) is -1.09. The summed E-state index contributed by atoms with van der Waals surface area (Å²) in [6.07, 6.45) is -0.596. The molecule has 0 aromatic heterocycles. The summed E-state index contributed by atoms with van der Waals surface area (Å²) in [7, 11) is 3.74. The first-order valence-electron chi connectivity index (χ1n) is 8.94. The molecular formula is C21H24N2O4. The van der Waals surface area contributed by atoms with Crippen molar-refractivity contribution in [1.82, 2.24) is 9.80 Å². The minimum Gasteiger partial charge on any atom is -0.480 e. The van der Waals surface area contributed by atoms with Crippen LogP contribution in [0.4, 0.5) is 4.79 Å². The standard InChI is InChI=1S/C21H24N2O4/c1-22(2)11-12-23(13-20(24)25)21(26)27-14-19-17-9-5-3-7-15(17)16-8-4-6-10-18(16)19/h3-10,19H,11-14H2,1-2H3,(H,24,25). The van der Waals surface area contributed by atoms with Crippen LogP contribution in [0, 0.1) is 0 Å². The molecule has 0 aliphatic heterocycles. The van der Waals surface area contributed by atoms with Gasteiger partial charge in [-0.05, 0) is 36.3 Å². The van der Waals surface area contributed by atoms with Crippen LogP contribution < -0.4 is 0 Å². The van der Waals surface area contributed by atoms with Gasteiger partial charge in [0, 0.05) is 19.0 Å². The average Bonchev–Trinajstić information content (AvgIpc) is 2.97. The lowest BCUT2D eigenvalue weighted by atomic mass is 9.98. The molecule has 2 aromatic carbocycles. The van der Waals surface area contributed by atoms with E-state index in [0.717, 1.165) is 22.3 Å². The van der Waals surface area contributed by atoms with Gasteiger partial charge in [-0.3, -0.25) is 9.69 Å². The maximum absolute atomic E-state index is 12.5. The van der Waals surface area contributed by atoms with E-state index in [2.05, 4.69) is 24.3 Å². The van der Waals surface area contributed by atoms with Gasteiger partial charge >= 0.3 is 12.1 Å². The zero-order valence-corrected chi connectivity index (χ0v) is 15.6. The number of ether oxygens (including phenoxy) is 1. The Bertz CT molecular complexity index is 789. The summed E-state index contributed by atoms with van der Waals surface area (Å²) in [4.78, 5) is 26.7. The van der Waals surface area contributed by atoms with Gasteiger partial charge in [-0.15, -0.1) is 0 Å². The predicted octanol–water partition coefficient (Wildman–Crippen LogP) is 2.88. The van der Waals surface area contributed by atoms with Gasteiger partial charge in [0.1, 0.15) is 13.2 Å². The normalized spacial score (nSPS) is 12.6. The van der Waals surface area contributed by atoms with Crippen molar-refractivity contribution in [3.05, 3.63) is 59.7 Å². The van der Waals surface area contributed by atoms with E-state index in [9.17, 15) is 9.59 Å². The molecule has 1 aliphatic rings. The van der Waals surface area contributed by atoms with Crippen molar-refractivity contribution in [3.8, 4) is 11.1 Å². The van der Waals surface area contributed by atoms with Crippen molar-refractivity contribution in [2.45, 2.75) is 5.92 Å². The average molecular weight is 368 g/mol. The molecule has 0 saturated carbocycles. The van der Waals surface area contributed by atoms with E-state index < -0.39 is 12.1 Å². The molecule has 2 aromatic rings. The summed E-state index contributed by atoms with van der Waals surface area (Å²) < 4.78 is 5.54. The molecule has 0 fully saturated rings. The fourth-order valence-corrected chi connectivity index (χ4v) is 3.40. The first-order chi connectivity index (χ1) is 13.0. The van der Waals surface area contributed by atoms with Gasteiger partial charge < -0.3 is 14.7 Å². The number of hydrogen-bond acceptors (Lipinski definition) is 4. The highest BCUT2D eigenvalue weighted by Gasteiger charge is 2.29. The van der Waals surface area contributed by atoms with E-state index in [1.165, 1.54) is 4.90 Å². The number of carbonyl (C=O) groups excluding carboxylic acids is 1. The molecule has 0 spiro atoms. The number of carboxylic acids is 1. The Hall–Kier alpha value is -2.86. The molecule has 6 heteroatoms. The molecule has 3 rings (SSSR count). The summed E-state index contributed by atoms with van der Waals surface area (Å²) >= 11 is 0. The van der Waals surface area contributed by atoms with Crippen molar-refractivity contribution in [2.24, 2.45) is 0 Å². The van der Waals surface area contributed by atoms with Crippen LogP contribution in [0.1, 0.15) is 17.0 Å². The summed E-state index contributed by atoms with van der Waals surface area (Å²) in [6.45, 7) is 0.683. The molecule has 0 atom stereocenters. The van der Waals surface area contributed by atoms with Gasteiger partial charge in [-0.25, -0.2) is 4.79 Å². The summed E-state index contributed by atoms with van der Waals surface area (Å²) in [5, 5.41) is 9.08. The zero-order valence-electron chi connectivity index (χ0n) is 15.6. The van der Waals surface area contributed by atoms with E-state index >= 15 is 0 Å². The molecule has 1 amide bonds. The molecule has 0 bridgehead atoms. The highest BCUT2D eigenvalue weighted by Crippen LogP contribution is 2.44. The minimum atomic E-state index is -1.05. The van der Waals surface area contributed by atoms with Crippen molar-refractivity contribution < 1.29 is 19.4 Å². The summed E-state index contributed by atoms with van der Waals surface area (Å²) in [5.41, 5.74) is 4.57. The van der Waals surface area contributed by atoms with Gasteiger partial charge in [0.25, 0.3) is 0 Å². The molecule has 0 unspecified atom stereocenters. The molecule has 6 nitrogen and oxygen atoms in total. The Balaban J connectivity index is 1.73. The fourth-order valence-electron chi connectivity index (χ4n) is 3.40. The van der Waals surface area contributed by atoms with Crippen LogP contribution in [0.25, 0.3) is 11.1 Å². The first-order valence-corrected chi connectivity index (χ1v) is 8.94. The smallest absolute Gasteiger partial charge is 0.410 e. The second kappa shape index (κ2) is 8.22. The Morgan fingerprint density at radius 3 is 2.04 bits per heavy atom. The van der Waals surface area contributed by atoms with E-state index in [1.807, 2.05) is 43.3 Å². The van der Waals surface area contributed by atoms with Crippen molar-refractivity contribution >= 4 is 12.1 Å². The second-order valence-electron chi connectivity index (χ2n) is 6.92. The van der Waals surface area contributed by atoms with Crippen LogP contribution in [0.5, 0.6) is 0 Å². The number of amides is 1. The number of likely N-dealkylation sites (N-methyl/N-ethyl adjacent to an activating group) is 1. The molecule has 1 aliphatic carbocycles. The lowest BCUT2D eigenvalue weighted by molar-refractivity contribution is -0.138. The van der Waals surface area contributed by atoms with Crippen LogP contribution in [-0.2, 0) is 9.53 Å². The fraction of sp³-hybridized carbons (Fsp3) is 0.333. The minimum absolute atomic E-state index is 0.0399. The Kier molecular flexibility index (Phi) is 5.76. The Labute approximate surface area is 159 Å². The molecule has 1 N–H and O–H groups in total. The van der Waals surface area contributed by atoms with Gasteiger partial charge in [-0.1, -0.05) is 48.5 Å². The number of fused-ring (bicyclic) bond motifs is 3. The van der Waals surface area contributed by atoms with Gasteiger partial charge in [0.2, 0.25) is 0 Å². The molecule has 0 heterocycles. The molecule has 142 valence electrons. The number of benzene rings is 2. The lowest BCUT2D eigenvalue weighted by Gasteiger charge is -2.23. The van der Waals surface area contributed by atoms with Crippen LogP contribution in [0.3, 0.4) is 0 Å². The first kappa shape index (κ1) is 18.9. The third kappa shape index (κ3) is 4.28. The van der Waals surface area contributed by atoms with Crippen LogP contribution in [0.2, 0.25) is 0 Å². The summed E-state index contributed by atoms with van der Waals surface area (Å²) in [6, 6.07) is 16.2. The van der Waals surface area contributed by atoms with Crippen molar-refractivity contribution in [1.29, 1.82) is 0 Å². The molecule has 0 radical (unpaired) electrons. The van der Waals surface area contributed by atoms with Crippen LogP contribution >= 0.6 is 0 Å². The van der Waals surface area contributed by atoms with Crippen molar-refractivity contribution in [3.63, 3.8) is 0 Å². The number of hydrogen-bond donors (Lipinski definition) is 1. The number of carbonyl (C=O) groups is 2. The van der Waals surface area contributed by atoms with E-state index in [-0.39, 0.29) is 19.1 Å². The zero-order chi connectivity index (χ0) is 19.4. The maximum Gasteiger partial charge on any atom is 0.410 e. The number of carboxylic acid groups (broad SMARTS) is 1. The largest absolute Gasteiger partial charge is 0.480 e. The second-order valence-corrected chi connectivity index (χ2v) is 6.92. The molecular weight excluding hydrogens is 344 g/mol. The Morgan fingerprint density at radius 1 is 0.963 bits per heavy atom. The number of rotatable bonds is 7. The van der Waals surface area contributed by atoms with Gasteiger partial charge in [0.15, 0.2) is 0 Å². The predicted molar refractivity (Wildman–Crippen MR) is 103 cm³/mol. The third-order valence-electron chi connectivity index (χ3n) is 4.74. The quantitative estimate of drug-likeness (QED) is 0.814. The van der Waals surface area contributed by atoms with E-state index in [4.69, 9.17) is 9.84 Å². The maximum atomic E-state index is 12.5. The van der Waals surface area contributed by atoms with Crippen LogP contribution in [-0.4, -0.2) is 67.3 Å². The lowest BCUT2D eigenvalue weighted by Crippen LogP contribution is -2.40. The topological polar surface area (TPSA) is 70.1 Å². The van der Waals surface area contributed by atoms with Crippen molar-refractivity contribution in [2.75, 3.05) is 40.3 Å².